The van der Waals surface area contributed by atoms with E-state index in [1.165, 1.54) is 0 Å². The van der Waals surface area contributed by atoms with Crippen molar-refractivity contribution in [1.82, 2.24) is 20.9 Å². The van der Waals surface area contributed by atoms with Gasteiger partial charge in [0.1, 0.15) is 6.04 Å². The molecule has 0 unspecified atom stereocenters. The molecule has 2 atom stereocenters. The Morgan fingerprint density at radius 2 is 1.93 bits per heavy atom. The number of likely N-dealkylation sites (tertiary alicyclic amines) is 1. The van der Waals surface area contributed by atoms with E-state index in [1.807, 2.05) is 0 Å². The maximum Gasteiger partial charge on any atom is 0.407 e. The van der Waals surface area contributed by atoms with Crippen molar-refractivity contribution in [2.24, 2.45) is 11.8 Å². The first-order chi connectivity index (χ1) is 14.4. The Labute approximate surface area is 177 Å². The number of nitrogens with one attached hydrogen (secondary N) is 3. The van der Waals surface area contributed by atoms with Gasteiger partial charge in [0.05, 0.1) is 12.5 Å². The predicted molar refractivity (Wildman–Crippen MR) is 109 cm³/mol. The topological polar surface area (TPSA) is 137 Å². The van der Waals surface area contributed by atoms with Crippen LogP contribution < -0.4 is 16.0 Å². The fraction of sp³-hybridized carbons (Fsp3) is 0.800. The van der Waals surface area contributed by atoms with E-state index in [-0.39, 0.29) is 30.9 Å². The van der Waals surface area contributed by atoms with Gasteiger partial charge in [-0.2, -0.15) is 0 Å². The van der Waals surface area contributed by atoms with Crippen molar-refractivity contribution in [3.05, 3.63) is 0 Å². The second kappa shape index (κ2) is 12.4. The predicted octanol–water partition coefficient (Wildman–Crippen LogP) is 0.320. The molecule has 2 fully saturated rings. The molecule has 0 bridgehead atoms. The smallest absolute Gasteiger partial charge is 0.407 e. The summed E-state index contributed by atoms with van der Waals surface area (Å²) in [5, 5.41) is 17.3. The number of carbonyl (C=O) groups is 4. The monoisotopic (exact) mass is 426 g/mol. The third-order valence-corrected chi connectivity index (χ3v) is 5.72. The van der Waals surface area contributed by atoms with E-state index in [0.29, 0.717) is 31.8 Å². The summed E-state index contributed by atoms with van der Waals surface area (Å²) in [4.78, 5) is 49.6. The average molecular weight is 427 g/mol. The molecule has 0 aliphatic carbocycles. The van der Waals surface area contributed by atoms with Gasteiger partial charge >= 0.3 is 12.1 Å². The molecule has 3 amide bonds. The van der Waals surface area contributed by atoms with Gasteiger partial charge in [0.2, 0.25) is 11.8 Å². The van der Waals surface area contributed by atoms with Crippen LogP contribution in [0.2, 0.25) is 0 Å². The van der Waals surface area contributed by atoms with E-state index >= 15 is 0 Å². The fourth-order valence-electron chi connectivity index (χ4n) is 3.94. The van der Waals surface area contributed by atoms with Gasteiger partial charge < -0.3 is 30.7 Å². The highest BCUT2D eigenvalue weighted by Gasteiger charge is 2.30. The van der Waals surface area contributed by atoms with E-state index < -0.39 is 18.1 Å². The molecular formula is C20H34N4O6. The number of carbonyl (C=O) groups excluding carboxylic acids is 3. The second-order valence-electron chi connectivity index (χ2n) is 7.91. The van der Waals surface area contributed by atoms with Gasteiger partial charge in [0, 0.05) is 26.1 Å². The van der Waals surface area contributed by atoms with Crippen molar-refractivity contribution in [3.63, 3.8) is 0 Å². The van der Waals surface area contributed by atoms with Gasteiger partial charge in [-0.1, -0.05) is 0 Å². The molecule has 10 heteroatoms. The molecule has 0 aromatic heterocycles. The fourth-order valence-corrected chi connectivity index (χ4v) is 3.94. The number of aliphatic carboxylic acids is 1. The largest absolute Gasteiger partial charge is 0.480 e. The van der Waals surface area contributed by atoms with Crippen LogP contribution in [0.15, 0.2) is 0 Å². The summed E-state index contributed by atoms with van der Waals surface area (Å²) in [7, 11) is 0. The number of amides is 3. The summed E-state index contributed by atoms with van der Waals surface area (Å²) < 4.78 is 4.68. The average Bonchev–Trinajstić information content (AvgIpc) is 2.75. The molecule has 0 radical (unpaired) electrons. The maximum absolute atomic E-state index is 12.6. The summed E-state index contributed by atoms with van der Waals surface area (Å²) in [6.07, 6.45) is 4.12. The van der Waals surface area contributed by atoms with Gasteiger partial charge in [0.25, 0.3) is 0 Å². The quantitative estimate of drug-likeness (QED) is 0.417. The number of carboxylic acid groups (broad SMARTS) is 1. The molecule has 10 nitrogen and oxygen atoms in total. The lowest BCUT2D eigenvalue weighted by Crippen LogP contribution is -2.51. The molecule has 2 heterocycles. The van der Waals surface area contributed by atoms with Crippen molar-refractivity contribution in [2.75, 3.05) is 39.3 Å². The number of hydrogen-bond donors (Lipinski definition) is 4. The van der Waals surface area contributed by atoms with Crippen LogP contribution in [-0.2, 0) is 19.1 Å². The molecule has 2 aliphatic heterocycles. The molecule has 2 rings (SSSR count). The normalized spacial score (nSPS) is 20.8. The zero-order chi connectivity index (χ0) is 21.9. The molecule has 2 saturated heterocycles. The van der Waals surface area contributed by atoms with Crippen LogP contribution in [0.5, 0.6) is 0 Å². The summed E-state index contributed by atoms with van der Waals surface area (Å²) in [6.45, 7) is 4.50. The van der Waals surface area contributed by atoms with Crippen LogP contribution in [0.1, 0.15) is 45.4 Å². The highest BCUT2D eigenvalue weighted by atomic mass is 16.5. The summed E-state index contributed by atoms with van der Waals surface area (Å²) >= 11 is 0. The molecule has 0 aromatic carbocycles. The van der Waals surface area contributed by atoms with Crippen molar-refractivity contribution < 1.29 is 29.0 Å². The number of alkyl carbamates (subject to hydrolysis) is 1. The number of ether oxygens (including phenoxy) is 1. The molecule has 0 aromatic rings. The van der Waals surface area contributed by atoms with Crippen LogP contribution in [0.25, 0.3) is 0 Å². The van der Waals surface area contributed by atoms with Gasteiger partial charge in [-0.25, -0.2) is 9.59 Å². The lowest BCUT2D eigenvalue weighted by atomic mass is 9.92. The van der Waals surface area contributed by atoms with E-state index in [2.05, 4.69) is 20.7 Å². The lowest BCUT2D eigenvalue weighted by Gasteiger charge is -2.33. The first-order valence-electron chi connectivity index (χ1n) is 10.8. The molecule has 170 valence electrons. The van der Waals surface area contributed by atoms with Gasteiger partial charge in [-0.3, -0.25) is 9.59 Å². The van der Waals surface area contributed by atoms with E-state index in [9.17, 15) is 24.3 Å². The number of carboxylic acids is 1. The number of piperidine rings is 2. The standard InChI is InChI=1S/C20H34N4O6/c1-2-30-20(29)23-16(19(27)28)12-22-18(26)15-4-3-11-24(13-15)17(25)6-5-14-7-9-21-10-8-14/h14-16,21H,2-13H2,1H3,(H,22,26)(H,23,29)(H,27,28)/t15-,16+/m1/s1. The molecule has 4 N–H and O–H groups in total. The highest BCUT2D eigenvalue weighted by molar-refractivity contribution is 5.83. The Balaban J connectivity index is 1.77. The summed E-state index contributed by atoms with van der Waals surface area (Å²) in [6, 6.07) is -1.28. The number of hydrogen-bond acceptors (Lipinski definition) is 6. The van der Waals surface area contributed by atoms with Crippen molar-refractivity contribution in [1.29, 1.82) is 0 Å². The van der Waals surface area contributed by atoms with Crippen LogP contribution in [0, 0.1) is 11.8 Å². The molecule has 30 heavy (non-hydrogen) atoms. The lowest BCUT2D eigenvalue weighted by molar-refractivity contribution is -0.139. The first kappa shape index (κ1) is 23.9. The number of nitrogens with zero attached hydrogens (tertiary/aromatic N) is 1. The van der Waals surface area contributed by atoms with Gasteiger partial charge in [-0.05, 0) is 58.0 Å². The molecule has 0 saturated carbocycles. The van der Waals surface area contributed by atoms with Crippen molar-refractivity contribution in [3.8, 4) is 0 Å². The van der Waals surface area contributed by atoms with Crippen LogP contribution in [0.3, 0.4) is 0 Å². The Kier molecular flexibility index (Phi) is 9.85. The Bertz CT molecular complexity index is 608. The highest BCUT2D eigenvalue weighted by Crippen LogP contribution is 2.21. The van der Waals surface area contributed by atoms with Gasteiger partial charge in [0.15, 0.2) is 0 Å². The second-order valence-corrected chi connectivity index (χ2v) is 7.91. The molecular weight excluding hydrogens is 392 g/mol. The SMILES string of the molecule is CCOC(=O)N[C@@H](CNC(=O)[C@@H]1CCCN(C(=O)CCC2CCNCC2)C1)C(=O)O. The van der Waals surface area contributed by atoms with Gasteiger partial charge in [-0.15, -0.1) is 0 Å². The summed E-state index contributed by atoms with van der Waals surface area (Å²) in [5.41, 5.74) is 0. The van der Waals surface area contributed by atoms with E-state index in [4.69, 9.17) is 0 Å². The van der Waals surface area contributed by atoms with Crippen LogP contribution in [-0.4, -0.2) is 79.3 Å². The minimum absolute atomic E-state index is 0.0819. The molecule has 2 aliphatic rings. The Morgan fingerprint density at radius 1 is 1.20 bits per heavy atom. The number of rotatable bonds is 9. The van der Waals surface area contributed by atoms with Crippen molar-refractivity contribution >= 4 is 23.9 Å². The first-order valence-corrected chi connectivity index (χ1v) is 10.8. The minimum atomic E-state index is -1.28. The van der Waals surface area contributed by atoms with E-state index in [1.54, 1.807) is 11.8 Å². The van der Waals surface area contributed by atoms with E-state index in [0.717, 1.165) is 38.8 Å². The van der Waals surface area contributed by atoms with Crippen LogP contribution in [0.4, 0.5) is 4.79 Å². The molecule has 0 spiro atoms. The Morgan fingerprint density at radius 3 is 2.60 bits per heavy atom. The summed E-state index contributed by atoms with van der Waals surface area (Å²) in [5.74, 6) is -1.28. The minimum Gasteiger partial charge on any atom is -0.480 e. The zero-order valence-corrected chi connectivity index (χ0v) is 17.7. The Hall–Kier alpha value is -2.36. The van der Waals surface area contributed by atoms with Crippen molar-refractivity contribution in [2.45, 2.75) is 51.5 Å². The van der Waals surface area contributed by atoms with Crippen LogP contribution >= 0.6 is 0 Å². The maximum atomic E-state index is 12.6. The third-order valence-electron chi connectivity index (χ3n) is 5.72. The zero-order valence-electron chi connectivity index (χ0n) is 17.7. The third kappa shape index (κ3) is 7.81.